The van der Waals surface area contributed by atoms with Gasteiger partial charge in [-0.1, -0.05) is 13.8 Å². The van der Waals surface area contributed by atoms with Crippen LogP contribution in [0.15, 0.2) is 10.7 Å². The van der Waals surface area contributed by atoms with Crippen LogP contribution in [0.25, 0.3) is 0 Å². The van der Waals surface area contributed by atoms with Gasteiger partial charge in [0.25, 0.3) is 6.01 Å². The quantitative estimate of drug-likeness (QED) is 0.705. The minimum Gasteiger partial charge on any atom is -0.432 e. The number of aromatic nitrogens is 1. The van der Waals surface area contributed by atoms with Gasteiger partial charge in [0.05, 0.1) is 24.9 Å². The Hall–Kier alpha value is -1.11. The van der Waals surface area contributed by atoms with Crippen molar-refractivity contribution in [1.82, 2.24) is 10.3 Å². The molecule has 1 N–H and O–H groups in total. The summed E-state index contributed by atoms with van der Waals surface area (Å²) in [5.74, 6) is 0. The zero-order chi connectivity index (χ0) is 15.0. The number of methoxy groups -OCH3 is 2. The second-order valence-corrected chi connectivity index (χ2v) is 5.15. The number of rotatable bonds is 10. The van der Waals surface area contributed by atoms with Gasteiger partial charge in [0, 0.05) is 33.4 Å². The Morgan fingerprint density at radius 3 is 2.65 bits per heavy atom. The fraction of sp³-hybridized carbons (Fsp3) is 0.786. The summed E-state index contributed by atoms with van der Waals surface area (Å²) in [4.78, 5) is 6.59. The van der Waals surface area contributed by atoms with Crippen LogP contribution < -0.4 is 10.2 Å². The molecular weight excluding hydrogens is 258 g/mol. The highest BCUT2D eigenvalue weighted by molar-refractivity contribution is 5.28. The van der Waals surface area contributed by atoms with E-state index in [4.69, 9.17) is 13.9 Å². The maximum absolute atomic E-state index is 5.59. The summed E-state index contributed by atoms with van der Waals surface area (Å²) in [5, 5.41) is 3.32. The average Bonchev–Trinajstić information content (AvgIpc) is 2.86. The van der Waals surface area contributed by atoms with Gasteiger partial charge < -0.3 is 24.1 Å². The van der Waals surface area contributed by atoms with Gasteiger partial charge in [-0.3, -0.25) is 0 Å². The van der Waals surface area contributed by atoms with Crippen LogP contribution in [0.4, 0.5) is 6.01 Å². The average molecular weight is 285 g/mol. The summed E-state index contributed by atoms with van der Waals surface area (Å²) in [6.07, 6.45) is 1.70. The molecule has 6 heteroatoms. The Kier molecular flexibility index (Phi) is 7.58. The first-order chi connectivity index (χ1) is 9.58. The van der Waals surface area contributed by atoms with Crippen molar-refractivity contribution in [2.45, 2.75) is 39.4 Å². The molecule has 116 valence electrons. The SMILES string of the molecule is COCCN(c1nc(CNC(C)C)co1)C(C)COC. The van der Waals surface area contributed by atoms with E-state index in [1.165, 1.54) is 0 Å². The Labute approximate surface area is 121 Å². The van der Waals surface area contributed by atoms with E-state index < -0.39 is 0 Å². The molecule has 0 aliphatic heterocycles. The van der Waals surface area contributed by atoms with Crippen molar-refractivity contribution >= 4 is 6.01 Å². The highest BCUT2D eigenvalue weighted by Crippen LogP contribution is 2.16. The highest BCUT2D eigenvalue weighted by Gasteiger charge is 2.19. The van der Waals surface area contributed by atoms with Crippen molar-refractivity contribution in [3.8, 4) is 0 Å². The minimum absolute atomic E-state index is 0.180. The van der Waals surface area contributed by atoms with Crippen LogP contribution >= 0.6 is 0 Å². The lowest BCUT2D eigenvalue weighted by Crippen LogP contribution is -2.39. The van der Waals surface area contributed by atoms with E-state index in [1.807, 2.05) is 0 Å². The molecule has 0 aliphatic rings. The molecular formula is C14H27N3O3. The van der Waals surface area contributed by atoms with Crippen molar-refractivity contribution in [3.63, 3.8) is 0 Å². The third-order valence-electron chi connectivity index (χ3n) is 2.95. The predicted molar refractivity (Wildman–Crippen MR) is 79.0 cm³/mol. The molecule has 0 bridgehead atoms. The topological polar surface area (TPSA) is 59.8 Å². The molecule has 1 atom stereocenters. The normalized spacial score (nSPS) is 12.9. The summed E-state index contributed by atoms with van der Waals surface area (Å²) < 4.78 is 15.9. The molecule has 1 aromatic heterocycles. The summed E-state index contributed by atoms with van der Waals surface area (Å²) in [6, 6.07) is 1.22. The largest absolute Gasteiger partial charge is 0.432 e. The second kappa shape index (κ2) is 8.94. The van der Waals surface area contributed by atoms with E-state index in [2.05, 4.69) is 36.0 Å². The van der Waals surface area contributed by atoms with Crippen LogP contribution in [0.1, 0.15) is 26.5 Å². The van der Waals surface area contributed by atoms with Crippen LogP contribution in [0.5, 0.6) is 0 Å². The van der Waals surface area contributed by atoms with Crippen LogP contribution in [0.3, 0.4) is 0 Å². The Morgan fingerprint density at radius 2 is 2.05 bits per heavy atom. The number of nitrogens with zero attached hydrogens (tertiary/aromatic N) is 2. The molecule has 0 radical (unpaired) electrons. The first-order valence-electron chi connectivity index (χ1n) is 7.00. The van der Waals surface area contributed by atoms with E-state index >= 15 is 0 Å². The first kappa shape index (κ1) is 16.9. The fourth-order valence-electron chi connectivity index (χ4n) is 1.84. The molecule has 0 saturated carbocycles. The predicted octanol–water partition coefficient (Wildman–Crippen LogP) is 1.66. The van der Waals surface area contributed by atoms with E-state index in [0.717, 1.165) is 12.2 Å². The van der Waals surface area contributed by atoms with Crippen LogP contribution in [0.2, 0.25) is 0 Å². The van der Waals surface area contributed by atoms with Gasteiger partial charge in [-0.15, -0.1) is 0 Å². The van der Waals surface area contributed by atoms with Crippen LogP contribution in [-0.4, -0.2) is 51.0 Å². The molecule has 1 unspecified atom stereocenters. The smallest absolute Gasteiger partial charge is 0.297 e. The van der Waals surface area contributed by atoms with E-state index in [-0.39, 0.29) is 6.04 Å². The van der Waals surface area contributed by atoms with Crippen molar-refractivity contribution in [3.05, 3.63) is 12.0 Å². The van der Waals surface area contributed by atoms with Gasteiger partial charge in [0.15, 0.2) is 0 Å². The van der Waals surface area contributed by atoms with Crippen LogP contribution in [0, 0.1) is 0 Å². The van der Waals surface area contributed by atoms with Crippen molar-refractivity contribution in [2.24, 2.45) is 0 Å². The fourth-order valence-corrected chi connectivity index (χ4v) is 1.84. The zero-order valence-electron chi connectivity index (χ0n) is 13.2. The Bertz CT molecular complexity index is 368. The molecule has 1 heterocycles. The molecule has 6 nitrogen and oxygen atoms in total. The van der Waals surface area contributed by atoms with E-state index in [9.17, 15) is 0 Å². The van der Waals surface area contributed by atoms with Gasteiger partial charge in [-0.2, -0.15) is 4.98 Å². The molecule has 0 spiro atoms. The summed E-state index contributed by atoms with van der Waals surface area (Å²) in [5.41, 5.74) is 0.903. The number of hydrogen-bond donors (Lipinski definition) is 1. The molecule has 1 aromatic rings. The highest BCUT2D eigenvalue weighted by atomic mass is 16.5. The standard InChI is InChI=1S/C14H27N3O3/c1-11(2)15-8-13-10-20-14(16-13)17(6-7-18-4)12(3)9-19-5/h10-12,15H,6-9H2,1-5H3. The zero-order valence-corrected chi connectivity index (χ0v) is 13.2. The number of oxazole rings is 1. The Balaban J connectivity index is 2.69. The van der Waals surface area contributed by atoms with Crippen molar-refractivity contribution in [1.29, 1.82) is 0 Å². The van der Waals surface area contributed by atoms with Gasteiger partial charge in [0.1, 0.15) is 6.26 Å². The van der Waals surface area contributed by atoms with Crippen molar-refractivity contribution < 1.29 is 13.9 Å². The maximum Gasteiger partial charge on any atom is 0.297 e. The van der Waals surface area contributed by atoms with Crippen molar-refractivity contribution in [2.75, 3.05) is 38.9 Å². The van der Waals surface area contributed by atoms with Gasteiger partial charge >= 0.3 is 0 Å². The summed E-state index contributed by atoms with van der Waals surface area (Å²) >= 11 is 0. The van der Waals surface area contributed by atoms with Gasteiger partial charge in [0.2, 0.25) is 0 Å². The molecule has 1 rings (SSSR count). The van der Waals surface area contributed by atoms with Gasteiger partial charge in [-0.25, -0.2) is 0 Å². The van der Waals surface area contributed by atoms with Crippen LogP contribution in [-0.2, 0) is 16.0 Å². The lowest BCUT2D eigenvalue weighted by Gasteiger charge is -2.26. The number of anilines is 1. The molecule has 0 aromatic carbocycles. The minimum atomic E-state index is 0.180. The summed E-state index contributed by atoms with van der Waals surface area (Å²) in [6.45, 7) is 8.95. The first-order valence-corrected chi connectivity index (χ1v) is 7.00. The molecule has 20 heavy (non-hydrogen) atoms. The number of ether oxygens (including phenoxy) is 2. The second-order valence-electron chi connectivity index (χ2n) is 5.15. The lowest BCUT2D eigenvalue weighted by molar-refractivity contribution is 0.168. The lowest BCUT2D eigenvalue weighted by atomic mass is 10.3. The molecule has 0 fully saturated rings. The third kappa shape index (κ3) is 5.48. The van der Waals surface area contributed by atoms with E-state index in [0.29, 0.717) is 31.8 Å². The van der Waals surface area contributed by atoms with Gasteiger partial charge in [-0.05, 0) is 6.92 Å². The monoisotopic (exact) mass is 285 g/mol. The summed E-state index contributed by atoms with van der Waals surface area (Å²) in [7, 11) is 3.38. The number of nitrogens with one attached hydrogen (secondary N) is 1. The molecule has 0 amide bonds. The Morgan fingerprint density at radius 1 is 1.30 bits per heavy atom. The molecule has 0 aliphatic carbocycles. The number of hydrogen-bond acceptors (Lipinski definition) is 6. The maximum atomic E-state index is 5.59. The molecule has 0 saturated heterocycles. The third-order valence-corrected chi connectivity index (χ3v) is 2.95. The van der Waals surface area contributed by atoms with E-state index in [1.54, 1.807) is 20.5 Å².